The lowest BCUT2D eigenvalue weighted by Gasteiger charge is -2.16. The van der Waals surface area contributed by atoms with E-state index in [2.05, 4.69) is 10.1 Å². The van der Waals surface area contributed by atoms with E-state index in [1.54, 1.807) is 43.1 Å². The Bertz CT molecular complexity index is 699. The quantitative estimate of drug-likeness (QED) is 0.890. The standard InChI is InChI=1S/C18H20N2O3S/c1-20(18(22)23-2)16-10-8-15(9-11-16)19-17(21)14-6-4-13(5-7-14)12-24-3/h4-11H,12H2,1-3H3,(H,19,21). The van der Waals surface area contributed by atoms with Crippen LogP contribution < -0.4 is 10.2 Å². The van der Waals surface area contributed by atoms with Gasteiger partial charge in [-0.1, -0.05) is 12.1 Å². The summed E-state index contributed by atoms with van der Waals surface area (Å²) in [6.07, 6.45) is 1.60. The molecule has 6 heteroatoms. The third kappa shape index (κ3) is 4.52. The summed E-state index contributed by atoms with van der Waals surface area (Å²) in [5.41, 5.74) is 3.14. The first-order valence-corrected chi connectivity index (χ1v) is 8.75. The Hall–Kier alpha value is -2.47. The number of benzene rings is 2. The van der Waals surface area contributed by atoms with Crippen molar-refractivity contribution in [2.24, 2.45) is 0 Å². The molecule has 0 aromatic heterocycles. The second-order valence-corrected chi connectivity index (χ2v) is 6.03. The molecule has 1 N–H and O–H groups in total. The average Bonchev–Trinajstić information content (AvgIpc) is 2.62. The molecule has 0 unspecified atom stereocenters. The number of anilines is 2. The molecule has 5 nitrogen and oxygen atoms in total. The number of hydrogen-bond acceptors (Lipinski definition) is 4. The summed E-state index contributed by atoms with van der Waals surface area (Å²) in [5.74, 6) is 0.761. The van der Waals surface area contributed by atoms with Gasteiger partial charge in [0.2, 0.25) is 0 Å². The zero-order chi connectivity index (χ0) is 17.5. The topological polar surface area (TPSA) is 58.6 Å². The van der Waals surface area contributed by atoms with E-state index < -0.39 is 6.09 Å². The second-order valence-electron chi connectivity index (χ2n) is 5.16. The van der Waals surface area contributed by atoms with Gasteiger partial charge in [0.25, 0.3) is 5.91 Å². The molecule has 0 heterocycles. The molecule has 2 rings (SSSR count). The van der Waals surface area contributed by atoms with Gasteiger partial charge in [0.1, 0.15) is 0 Å². The molecule has 2 aromatic rings. The van der Waals surface area contributed by atoms with E-state index in [1.165, 1.54) is 17.6 Å². The van der Waals surface area contributed by atoms with Gasteiger partial charge in [-0.3, -0.25) is 9.69 Å². The number of carbonyl (C=O) groups is 2. The third-order valence-corrected chi connectivity index (χ3v) is 4.11. The van der Waals surface area contributed by atoms with Crippen LogP contribution in [0.3, 0.4) is 0 Å². The predicted molar refractivity (Wildman–Crippen MR) is 98.9 cm³/mol. The van der Waals surface area contributed by atoms with Gasteiger partial charge in [-0.15, -0.1) is 0 Å². The van der Waals surface area contributed by atoms with E-state index in [0.29, 0.717) is 16.9 Å². The van der Waals surface area contributed by atoms with Gasteiger partial charge in [0.15, 0.2) is 0 Å². The lowest BCUT2D eigenvalue weighted by molar-refractivity contribution is 0.102. The molecule has 0 aliphatic rings. The van der Waals surface area contributed by atoms with Gasteiger partial charge in [0, 0.05) is 29.7 Å². The molecule has 0 spiro atoms. The summed E-state index contributed by atoms with van der Waals surface area (Å²) in [6, 6.07) is 14.5. The van der Waals surface area contributed by atoms with Crippen LogP contribution in [0.1, 0.15) is 15.9 Å². The van der Waals surface area contributed by atoms with Crippen LogP contribution in [0.2, 0.25) is 0 Å². The van der Waals surface area contributed by atoms with Crippen LogP contribution in [-0.2, 0) is 10.5 Å². The van der Waals surface area contributed by atoms with Crippen molar-refractivity contribution in [3.05, 3.63) is 59.7 Å². The summed E-state index contributed by atoms with van der Waals surface area (Å²) >= 11 is 1.74. The van der Waals surface area contributed by atoms with Crippen LogP contribution in [-0.4, -0.2) is 32.4 Å². The number of amides is 2. The highest BCUT2D eigenvalue weighted by Crippen LogP contribution is 2.18. The molecule has 2 amide bonds. The molecular formula is C18H20N2O3S. The molecule has 0 fully saturated rings. The van der Waals surface area contributed by atoms with E-state index in [4.69, 9.17) is 0 Å². The van der Waals surface area contributed by atoms with Crippen LogP contribution in [0.15, 0.2) is 48.5 Å². The van der Waals surface area contributed by atoms with E-state index in [0.717, 1.165) is 5.75 Å². The molecule has 0 bridgehead atoms. The van der Waals surface area contributed by atoms with Gasteiger partial charge in [0.05, 0.1) is 7.11 Å². The van der Waals surface area contributed by atoms with E-state index in [1.807, 2.05) is 30.5 Å². The monoisotopic (exact) mass is 344 g/mol. The molecule has 0 aliphatic carbocycles. The summed E-state index contributed by atoms with van der Waals surface area (Å²) in [7, 11) is 2.95. The minimum atomic E-state index is -0.447. The van der Waals surface area contributed by atoms with Crippen molar-refractivity contribution in [3.8, 4) is 0 Å². The molecule has 0 aliphatic heterocycles. The fourth-order valence-electron chi connectivity index (χ4n) is 2.13. The molecule has 0 atom stereocenters. The summed E-state index contributed by atoms with van der Waals surface area (Å²) in [6.45, 7) is 0. The minimum absolute atomic E-state index is 0.167. The average molecular weight is 344 g/mol. The number of nitrogens with one attached hydrogen (secondary N) is 1. The number of nitrogens with zero attached hydrogens (tertiary/aromatic N) is 1. The first-order valence-electron chi connectivity index (χ1n) is 7.36. The van der Waals surface area contributed by atoms with Gasteiger partial charge < -0.3 is 10.1 Å². The van der Waals surface area contributed by atoms with Crippen LogP contribution in [0.4, 0.5) is 16.2 Å². The largest absolute Gasteiger partial charge is 0.452 e. The zero-order valence-corrected chi connectivity index (χ0v) is 14.7. The summed E-state index contributed by atoms with van der Waals surface area (Å²) < 4.78 is 4.66. The number of methoxy groups -OCH3 is 1. The maximum absolute atomic E-state index is 12.3. The van der Waals surface area contributed by atoms with Crippen LogP contribution in [0.25, 0.3) is 0 Å². The SMILES string of the molecule is COC(=O)N(C)c1ccc(NC(=O)c2ccc(CSC)cc2)cc1. The Balaban J connectivity index is 2.02. The molecule has 0 radical (unpaired) electrons. The van der Waals surface area contributed by atoms with Crippen molar-refractivity contribution >= 4 is 35.1 Å². The van der Waals surface area contributed by atoms with Crippen LogP contribution >= 0.6 is 11.8 Å². The van der Waals surface area contributed by atoms with Crippen molar-refractivity contribution in [2.75, 3.05) is 30.6 Å². The molecule has 2 aromatic carbocycles. The Morgan fingerprint density at radius 1 is 1.08 bits per heavy atom. The van der Waals surface area contributed by atoms with E-state index in [9.17, 15) is 9.59 Å². The summed E-state index contributed by atoms with van der Waals surface area (Å²) in [4.78, 5) is 25.1. The van der Waals surface area contributed by atoms with Gasteiger partial charge in [-0.25, -0.2) is 4.79 Å². The molecule has 24 heavy (non-hydrogen) atoms. The second kappa shape index (κ2) is 8.40. The third-order valence-electron chi connectivity index (χ3n) is 3.49. The normalized spacial score (nSPS) is 10.1. The number of rotatable bonds is 5. The van der Waals surface area contributed by atoms with Crippen molar-refractivity contribution in [3.63, 3.8) is 0 Å². The Labute approximate surface area is 146 Å². The van der Waals surface area contributed by atoms with Crippen molar-refractivity contribution in [1.82, 2.24) is 0 Å². The number of thioether (sulfide) groups is 1. The molecular weight excluding hydrogens is 324 g/mol. The fourth-order valence-corrected chi connectivity index (χ4v) is 2.66. The minimum Gasteiger partial charge on any atom is -0.452 e. The Morgan fingerprint density at radius 2 is 1.71 bits per heavy atom. The highest BCUT2D eigenvalue weighted by molar-refractivity contribution is 7.97. The maximum atomic E-state index is 12.3. The van der Waals surface area contributed by atoms with Crippen molar-refractivity contribution < 1.29 is 14.3 Å². The maximum Gasteiger partial charge on any atom is 0.413 e. The van der Waals surface area contributed by atoms with Gasteiger partial charge in [-0.05, 0) is 48.2 Å². The summed E-state index contributed by atoms with van der Waals surface area (Å²) in [5, 5.41) is 2.84. The predicted octanol–water partition coefficient (Wildman–Crippen LogP) is 4.00. The van der Waals surface area contributed by atoms with Gasteiger partial charge in [-0.2, -0.15) is 11.8 Å². The van der Waals surface area contributed by atoms with Gasteiger partial charge >= 0.3 is 6.09 Å². The fraction of sp³-hybridized carbons (Fsp3) is 0.222. The van der Waals surface area contributed by atoms with Crippen molar-refractivity contribution in [1.29, 1.82) is 0 Å². The lowest BCUT2D eigenvalue weighted by Crippen LogP contribution is -2.25. The highest BCUT2D eigenvalue weighted by atomic mass is 32.2. The van der Waals surface area contributed by atoms with E-state index >= 15 is 0 Å². The highest BCUT2D eigenvalue weighted by Gasteiger charge is 2.11. The number of carbonyl (C=O) groups excluding carboxylic acids is 2. The first kappa shape index (κ1) is 17.9. The molecule has 0 saturated heterocycles. The van der Waals surface area contributed by atoms with Crippen molar-refractivity contribution in [2.45, 2.75) is 5.75 Å². The number of ether oxygens (including phenoxy) is 1. The first-order chi connectivity index (χ1) is 11.5. The van der Waals surface area contributed by atoms with Crippen LogP contribution in [0, 0.1) is 0 Å². The Morgan fingerprint density at radius 3 is 2.25 bits per heavy atom. The zero-order valence-electron chi connectivity index (χ0n) is 13.9. The lowest BCUT2D eigenvalue weighted by atomic mass is 10.1. The smallest absolute Gasteiger partial charge is 0.413 e. The Kier molecular flexibility index (Phi) is 6.26. The molecule has 0 saturated carbocycles. The molecule has 126 valence electrons. The number of hydrogen-bond donors (Lipinski definition) is 1. The van der Waals surface area contributed by atoms with Crippen LogP contribution in [0.5, 0.6) is 0 Å². The van der Waals surface area contributed by atoms with E-state index in [-0.39, 0.29) is 5.91 Å².